The highest BCUT2D eigenvalue weighted by Gasteiger charge is 2.18. The average Bonchev–Trinajstić information content (AvgIpc) is 2.38. The maximum atomic E-state index is 11.6. The molecule has 7 nitrogen and oxygen atoms in total. The van der Waals surface area contributed by atoms with Crippen LogP contribution in [0.3, 0.4) is 0 Å². The second-order valence-electron chi connectivity index (χ2n) is 3.86. The van der Waals surface area contributed by atoms with Crippen LogP contribution in [0, 0.1) is 0 Å². The van der Waals surface area contributed by atoms with Crippen molar-refractivity contribution in [1.82, 2.24) is 9.97 Å². The Morgan fingerprint density at radius 3 is 2.70 bits per heavy atom. The Balaban J connectivity index is 2.49. The van der Waals surface area contributed by atoms with Crippen molar-refractivity contribution in [2.75, 3.05) is 6.26 Å². The van der Waals surface area contributed by atoms with Crippen molar-refractivity contribution in [2.45, 2.75) is 4.90 Å². The largest absolute Gasteiger partial charge is 0.478 e. The Kier molecular flexibility index (Phi) is 3.66. The number of aromatic carboxylic acids is 1. The van der Waals surface area contributed by atoms with Gasteiger partial charge in [0.15, 0.2) is 15.6 Å². The molecule has 1 N–H and O–H groups in total. The second-order valence-corrected chi connectivity index (χ2v) is 5.84. The number of nitrogens with zero attached hydrogens (tertiary/aromatic N) is 2. The maximum absolute atomic E-state index is 11.6. The van der Waals surface area contributed by atoms with Crippen molar-refractivity contribution < 1.29 is 23.1 Å². The fraction of sp³-hybridized carbons (Fsp3) is 0.0833. The summed E-state index contributed by atoms with van der Waals surface area (Å²) in [6, 6.07) is 4.03. The van der Waals surface area contributed by atoms with E-state index in [0.717, 1.165) is 6.26 Å². The lowest BCUT2D eigenvalue weighted by Gasteiger charge is -2.09. The fourth-order valence-electron chi connectivity index (χ4n) is 1.48. The van der Waals surface area contributed by atoms with Gasteiger partial charge < -0.3 is 9.84 Å². The van der Waals surface area contributed by atoms with Gasteiger partial charge in [0.05, 0.1) is 6.20 Å². The topological polar surface area (TPSA) is 106 Å². The van der Waals surface area contributed by atoms with E-state index in [1.54, 1.807) is 0 Å². The lowest BCUT2D eigenvalue weighted by molar-refractivity contribution is 0.0694. The minimum Gasteiger partial charge on any atom is -0.478 e. The molecule has 0 aromatic carbocycles. The van der Waals surface area contributed by atoms with E-state index >= 15 is 0 Å². The van der Waals surface area contributed by atoms with Gasteiger partial charge in [0.25, 0.3) is 0 Å². The van der Waals surface area contributed by atoms with Crippen molar-refractivity contribution in [1.29, 1.82) is 0 Å². The average molecular weight is 294 g/mol. The molecule has 2 heterocycles. The van der Waals surface area contributed by atoms with Crippen LogP contribution in [0.25, 0.3) is 0 Å². The molecule has 0 amide bonds. The van der Waals surface area contributed by atoms with E-state index in [9.17, 15) is 13.2 Å². The minimum atomic E-state index is -3.54. The number of hydrogen-bond donors (Lipinski definition) is 1. The van der Waals surface area contributed by atoms with Gasteiger partial charge in [-0.25, -0.2) is 18.2 Å². The highest BCUT2D eigenvalue weighted by Crippen LogP contribution is 2.28. The van der Waals surface area contributed by atoms with E-state index in [1.165, 1.54) is 36.8 Å². The van der Waals surface area contributed by atoms with Gasteiger partial charge in [0.2, 0.25) is 5.88 Å². The standard InChI is InChI=1S/C12H10N2O5S/c1-20(17,18)10-3-2-5-14-11(10)19-9-7-13-6-4-8(9)12(15)16/h2-7H,1H3,(H,15,16). The van der Waals surface area contributed by atoms with Crippen molar-refractivity contribution in [3.8, 4) is 11.6 Å². The summed E-state index contributed by atoms with van der Waals surface area (Å²) in [6.45, 7) is 0. The lowest BCUT2D eigenvalue weighted by atomic mass is 10.2. The predicted molar refractivity (Wildman–Crippen MR) is 68.6 cm³/mol. The first-order valence-electron chi connectivity index (χ1n) is 5.40. The third-order valence-electron chi connectivity index (χ3n) is 2.36. The normalized spacial score (nSPS) is 11.1. The summed E-state index contributed by atoms with van der Waals surface area (Å²) >= 11 is 0. The van der Waals surface area contributed by atoms with Crippen molar-refractivity contribution >= 4 is 15.8 Å². The molecule has 0 saturated heterocycles. The molecule has 104 valence electrons. The van der Waals surface area contributed by atoms with Gasteiger partial charge in [-0.3, -0.25) is 4.98 Å². The molecule has 0 aliphatic heterocycles. The summed E-state index contributed by atoms with van der Waals surface area (Å²) < 4.78 is 28.5. The van der Waals surface area contributed by atoms with Crippen LogP contribution in [0.5, 0.6) is 11.6 Å². The van der Waals surface area contributed by atoms with Crippen molar-refractivity contribution in [2.24, 2.45) is 0 Å². The number of carboxylic acid groups (broad SMARTS) is 1. The molecule has 0 fully saturated rings. The number of carboxylic acids is 1. The Hall–Kier alpha value is -2.48. The summed E-state index contributed by atoms with van der Waals surface area (Å²) in [5.41, 5.74) is -0.134. The number of carbonyl (C=O) groups is 1. The van der Waals surface area contributed by atoms with Gasteiger partial charge in [-0.15, -0.1) is 0 Å². The van der Waals surface area contributed by atoms with E-state index in [-0.39, 0.29) is 22.1 Å². The summed E-state index contributed by atoms with van der Waals surface area (Å²) in [6.07, 6.45) is 4.84. The highest BCUT2D eigenvalue weighted by molar-refractivity contribution is 7.90. The van der Waals surface area contributed by atoms with Crippen LogP contribution in [-0.4, -0.2) is 35.7 Å². The first-order valence-corrected chi connectivity index (χ1v) is 7.29. The molecule has 2 aromatic heterocycles. The highest BCUT2D eigenvalue weighted by atomic mass is 32.2. The zero-order valence-electron chi connectivity index (χ0n) is 10.3. The summed E-state index contributed by atoms with van der Waals surface area (Å²) in [4.78, 5) is 18.5. The third kappa shape index (κ3) is 2.91. The summed E-state index contributed by atoms with van der Waals surface area (Å²) in [7, 11) is -3.54. The molecule has 0 saturated carbocycles. The predicted octanol–water partition coefficient (Wildman–Crippen LogP) is 1.37. The van der Waals surface area contributed by atoms with Crippen molar-refractivity contribution in [3.05, 3.63) is 42.4 Å². The summed E-state index contributed by atoms with van der Waals surface area (Å²) in [5, 5.41) is 9.03. The second kappa shape index (κ2) is 5.25. The maximum Gasteiger partial charge on any atom is 0.339 e. The molecule has 8 heteroatoms. The molecule has 0 radical (unpaired) electrons. The lowest BCUT2D eigenvalue weighted by Crippen LogP contribution is -2.05. The first-order chi connectivity index (χ1) is 9.39. The third-order valence-corrected chi connectivity index (χ3v) is 3.47. The molecule has 0 aliphatic rings. The fourth-order valence-corrected chi connectivity index (χ4v) is 2.21. The molecule has 0 aliphatic carbocycles. The van der Waals surface area contributed by atoms with Gasteiger partial charge in [-0.2, -0.15) is 0 Å². The minimum absolute atomic E-state index is 0.0800. The smallest absolute Gasteiger partial charge is 0.339 e. The van der Waals surface area contributed by atoms with Crippen LogP contribution in [0.2, 0.25) is 0 Å². The Labute approximate surface area is 114 Å². The molecule has 2 aromatic rings. The van der Waals surface area contributed by atoms with Crippen LogP contribution >= 0.6 is 0 Å². The van der Waals surface area contributed by atoms with E-state index < -0.39 is 15.8 Å². The molecule has 0 atom stereocenters. The number of hydrogen-bond acceptors (Lipinski definition) is 6. The molecule has 0 unspecified atom stereocenters. The first kappa shape index (κ1) is 13.9. The quantitative estimate of drug-likeness (QED) is 0.907. The zero-order chi connectivity index (χ0) is 14.8. The van der Waals surface area contributed by atoms with E-state index in [1.807, 2.05) is 0 Å². The SMILES string of the molecule is CS(=O)(=O)c1cccnc1Oc1cnccc1C(=O)O. The number of ether oxygens (including phenoxy) is 1. The van der Waals surface area contributed by atoms with Crippen LogP contribution in [0.15, 0.2) is 41.7 Å². The molecule has 0 bridgehead atoms. The van der Waals surface area contributed by atoms with Crippen molar-refractivity contribution in [3.63, 3.8) is 0 Å². The Morgan fingerprint density at radius 2 is 2.05 bits per heavy atom. The van der Waals surface area contributed by atoms with Gasteiger partial charge in [0, 0.05) is 18.6 Å². The molecule has 20 heavy (non-hydrogen) atoms. The van der Waals surface area contributed by atoms with E-state index in [4.69, 9.17) is 9.84 Å². The Bertz CT molecular complexity index is 758. The van der Waals surface area contributed by atoms with Crippen LogP contribution in [0.4, 0.5) is 0 Å². The molecular formula is C12H10N2O5S. The van der Waals surface area contributed by atoms with Crippen LogP contribution in [0.1, 0.15) is 10.4 Å². The van der Waals surface area contributed by atoms with E-state index in [2.05, 4.69) is 9.97 Å². The molecular weight excluding hydrogens is 284 g/mol. The van der Waals surface area contributed by atoms with Gasteiger partial charge in [-0.05, 0) is 18.2 Å². The van der Waals surface area contributed by atoms with Gasteiger partial charge >= 0.3 is 5.97 Å². The number of sulfone groups is 1. The zero-order valence-corrected chi connectivity index (χ0v) is 11.2. The number of aromatic nitrogens is 2. The molecule has 2 rings (SSSR count). The Morgan fingerprint density at radius 1 is 1.30 bits per heavy atom. The van der Waals surface area contributed by atoms with Gasteiger partial charge in [-0.1, -0.05) is 0 Å². The summed E-state index contributed by atoms with van der Waals surface area (Å²) in [5.74, 6) is -1.48. The van der Waals surface area contributed by atoms with Crippen LogP contribution in [-0.2, 0) is 9.84 Å². The van der Waals surface area contributed by atoms with Crippen LogP contribution < -0.4 is 4.74 Å². The monoisotopic (exact) mass is 294 g/mol. The van der Waals surface area contributed by atoms with E-state index in [0.29, 0.717) is 0 Å². The number of pyridine rings is 2. The number of rotatable bonds is 4. The molecule has 0 spiro atoms. The van der Waals surface area contributed by atoms with Gasteiger partial charge in [0.1, 0.15) is 10.5 Å².